The zero-order chi connectivity index (χ0) is 18.8. The fourth-order valence-corrected chi connectivity index (χ4v) is 3.40. The second-order valence-corrected chi connectivity index (χ2v) is 6.67. The standard InChI is InChI=1S/C21H20FN3O2/c1-2-14-5-7-16(8-6-14)21(26)25-13-3-4-18(25)20-23-19(24-27-20)15-9-11-17(22)12-10-15/h5-12,18H,2-4,13H2,1H3. The summed E-state index contributed by atoms with van der Waals surface area (Å²) in [5, 5.41) is 4.00. The molecule has 0 saturated carbocycles. The number of hydrogen-bond acceptors (Lipinski definition) is 4. The Morgan fingerprint density at radius 1 is 1.19 bits per heavy atom. The Labute approximate surface area is 156 Å². The van der Waals surface area contributed by atoms with Crippen molar-refractivity contribution in [2.75, 3.05) is 6.54 Å². The number of halogens is 1. The number of likely N-dealkylation sites (tertiary alicyclic amines) is 1. The van der Waals surface area contributed by atoms with Gasteiger partial charge in [-0.3, -0.25) is 4.79 Å². The van der Waals surface area contributed by atoms with Crippen molar-refractivity contribution in [1.29, 1.82) is 0 Å². The second-order valence-electron chi connectivity index (χ2n) is 6.67. The highest BCUT2D eigenvalue weighted by Crippen LogP contribution is 2.33. The van der Waals surface area contributed by atoms with Gasteiger partial charge in [0, 0.05) is 17.7 Å². The Bertz CT molecular complexity index is 935. The van der Waals surface area contributed by atoms with Gasteiger partial charge in [-0.1, -0.05) is 24.2 Å². The summed E-state index contributed by atoms with van der Waals surface area (Å²) >= 11 is 0. The van der Waals surface area contributed by atoms with Crippen LogP contribution in [0.1, 0.15) is 47.6 Å². The van der Waals surface area contributed by atoms with E-state index in [1.165, 1.54) is 17.7 Å². The largest absolute Gasteiger partial charge is 0.337 e. The van der Waals surface area contributed by atoms with Gasteiger partial charge in [-0.05, 0) is 61.2 Å². The van der Waals surface area contributed by atoms with Crippen molar-refractivity contribution in [3.05, 3.63) is 71.4 Å². The molecule has 1 fully saturated rings. The van der Waals surface area contributed by atoms with Crippen LogP contribution in [0.5, 0.6) is 0 Å². The maximum absolute atomic E-state index is 13.1. The Hall–Kier alpha value is -3.02. The Kier molecular flexibility index (Phi) is 4.71. The topological polar surface area (TPSA) is 59.2 Å². The number of carbonyl (C=O) groups is 1. The minimum atomic E-state index is -0.316. The molecule has 0 N–H and O–H groups in total. The van der Waals surface area contributed by atoms with E-state index >= 15 is 0 Å². The van der Waals surface area contributed by atoms with E-state index in [1.54, 1.807) is 17.0 Å². The zero-order valence-electron chi connectivity index (χ0n) is 15.1. The molecule has 2 aromatic carbocycles. The van der Waals surface area contributed by atoms with E-state index in [4.69, 9.17) is 4.52 Å². The van der Waals surface area contributed by atoms with Crippen LogP contribution < -0.4 is 0 Å². The van der Waals surface area contributed by atoms with Gasteiger partial charge in [0.05, 0.1) is 0 Å². The van der Waals surface area contributed by atoms with Gasteiger partial charge in [-0.2, -0.15) is 4.98 Å². The molecule has 0 bridgehead atoms. The van der Waals surface area contributed by atoms with Crippen LogP contribution in [0.4, 0.5) is 4.39 Å². The Morgan fingerprint density at radius 2 is 1.93 bits per heavy atom. The SMILES string of the molecule is CCc1ccc(C(=O)N2CCCC2c2nc(-c3ccc(F)cc3)no2)cc1. The van der Waals surface area contributed by atoms with Crippen LogP contribution in [0.15, 0.2) is 53.1 Å². The van der Waals surface area contributed by atoms with Crippen LogP contribution >= 0.6 is 0 Å². The van der Waals surface area contributed by atoms with Crippen LogP contribution in [0.2, 0.25) is 0 Å². The van der Waals surface area contributed by atoms with E-state index in [-0.39, 0.29) is 17.8 Å². The smallest absolute Gasteiger partial charge is 0.254 e. The van der Waals surface area contributed by atoms with Crippen LogP contribution in [0.25, 0.3) is 11.4 Å². The molecule has 1 atom stereocenters. The minimum absolute atomic E-state index is 0.0262. The lowest BCUT2D eigenvalue weighted by atomic mass is 10.1. The van der Waals surface area contributed by atoms with E-state index in [2.05, 4.69) is 17.1 Å². The lowest BCUT2D eigenvalue weighted by Crippen LogP contribution is -2.30. The van der Waals surface area contributed by atoms with Crippen LogP contribution in [-0.4, -0.2) is 27.5 Å². The fourth-order valence-electron chi connectivity index (χ4n) is 3.40. The van der Waals surface area contributed by atoms with Gasteiger partial charge in [0.1, 0.15) is 11.9 Å². The molecule has 0 aliphatic carbocycles. The van der Waals surface area contributed by atoms with Crippen molar-refractivity contribution in [3.63, 3.8) is 0 Å². The molecule has 1 aliphatic rings. The minimum Gasteiger partial charge on any atom is -0.337 e. The van der Waals surface area contributed by atoms with E-state index in [9.17, 15) is 9.18 Å². The first-order valence-corrected chi connectivity index (χ1v) is 9.15. The highest BCUT2D eigenvalue weighted by molar-refractivity contribution is 5.94. The second kappa shape index (κ2) is 7.31. The van der Waals surface area contributed by atoms with Gasteiger partial charge in [0.15, 0.2) is 0 Å². The molecular weight excluding hydrogens is 345 g/mol. The molecule has 5 nitrogen and oxygen atoms in total. The maximum Gasteiger partial charge on any atom is 0.254 e. The monoisotopic (exact) mass is 365 g/mol. The first kappa shape index (κ1) is 17.4. The van der Waals surface area contributed by atoms with Crippen molar-refractivity contribution >= 4 is 5.91 Å². The third kappa shape index (κ3) is 3.47. The average Bonchev–Trinajstić information content (AvgIpc) is 3.37. The molecule has 27 heavy (non-hydrogen) atoms. The van der Waals surface area contributed by atoms with Crippen molar-refractivity contribution in [2.24, 2.45) is 0 Å². The molecule has 2 heterocycles. The lowest BCUT2D eigenvalue weighted by molar-refractivity contribution is 0.0710. The quantitative estimate of drug-likeness (QED) is 0.687. The maximum atomic E-state index is 13.1. The van der Waals surface area contributed by atoms with E-state index in [1.807, 2.05) is 24.3 Å². The van der Waals surface area contributed by atoms with E-state index < -0.39 is 0 Å². The first-order chi connectivity index (χ1) is 13.2. The molecule has 6 heteroatoms. The summed E-state index contributed by atoms with van der Waals surface area (Å²) in [6, 6.07) is 13.4. The summed E-state index contributed by atoms with van der Waals surface area (Å²) in [4.78, 5) is 19.2. The van der Waals surface area contributed by atoms with Crippen molar-refractivity contribution < 1.29 is 13.7 Å². The Morgan fingerprint density at radius 3 is 2.63 bits per heavy atom. The van der Waals surface area contributed by atoms with Gasteiger partial charge in [-0.15, -0.1) is 0 Å². The van der Waals surface area contributed by atoms with E-state index in [0.717, 1.165) is 19.3 Å². The molecule has 1 amide bonds. The number of aromatic nitrogens is 2. The van der Waals surface area contributed by atoms with Gasteiger partial charge >= 0.3 is 0 Å². The molecule has 1 saturated heterocycles. The summed E-state index contributed by atoms with van der Waals surface area (Å²) in [6.07, 6.45) is 2.61. The third-order valence-corrected chi connectivity index (χ3v) is 4.95. The predicted molar refractivity (Wildman–Crippen MR) is 98.5 cm³/mol. The molecule has 1 aromatic heterocycles. The van der Waals surface area contributed by atoms with Crippen LogP contribution in [0.3, 0.4) is 0 Å². The molecule has 3 aromatic rings. The molecule has 138 valence electrons. The van der Waals surface area contributed by atoms with Gasteiger partial charge in [-0.25, -0.2) is 4.39 Å². The molecule has 0 radical (unpaired) electrons. The van der Waals surface area contributed by atoms with Crippen molar-refractivity contribution in [1.82, 2.24) is 15.0 Å². The number of nitrogens with zero attached hydrogens (tertiary/aromatic N) is 3. The van der Waals surface area contributed by atoms with Crippen molar-refractivity contribution in [2.45, 2.75) is 32.2 Å². The summed E-state index contributed by atoms with van der Waals surface area (Å²) in [5.74, 6) is 0.479. The third-order valence-electron chi connectivity index (χ3n) is 4.95. The van der Waals surface area contributed by atoms with Crippen LogP contribution in [-0.2, 0) is 6.42 Å². The molecular formula is C21H20FN3O2. The summed E-state index contributed by atoms with van der Waals surface area (Å²) in [5.41, 5.74) is 2.54. The summed E-state index contributed by atoms with van der Waals surface area (Å²) in [7, 11) is 0. The van der Waals surface area contributed by atoms with E-state index in [0.29, 0.717) is 29.4 Å². The van der Waals surface area contributed by atoms with Crippen LogP contribution in [0, 0.1) is 5.82 Å². The lowest BCUT2D eigenvalue weighted by Gasteiger charge is -2.22. The average molecular weight is 365 g/mol. The zero-order valence-corrected chi connectivity index (χ0v) is 15.1. The number of rotatable bonds is 4. The number of amides is 1. The number of aryl methyl sites for hydroxylation is 1. The fraction of sp³-hybridized carbons (Fsp3) is 0.286. The summed E-state index contributed by atoms with van der Waals surface area (Å²) < 4.78 is 18.5. The number of carbonyl (C=O) groups excluding carboxylic acids is 1. The number of hydrogen-bond donors (Lipinski definition) is 0. The molecule has 4 rings (SSSR count). The normalized spacial score (nSPS) is 16.7. The molecule has 1 unspecified atom stereocenters. The van der Waals surface area contributed by atoms with Crippen molar-refractivity contribution in [3.8, 4) is 11.4 Å². The predicted octanol–water partition coefficient (Wildman–Crippen LogP) is 4.42. The van der Waals surface area contributed by atoms with Gasteiger partial charge in [0.25, 0.3) is 5.91 Å². The highest BCUT2D eigenvalue weighted by Gasteiger charge is 2.34. The van der Waals surface area contributed by atoms with Gasteiger partial charge < -0.3 is 9.42 Å². The highest BCUT2D eigenvalue weighted by atomic mass is 19.1. The Balaban J connectivity index is 1.56. The van der Waals surface area contributed by atoms with Gasteiger partial charge in [0.2, 0.25) is 11.7 Å². The molecule has 0 spiro atoms. The molecule has 1 aliphatic heterocycles. The first-order valence-electron chi connectivity index (χ1n) is 9.15. The summed E-state index contributed by atoms with van der Waals surface area (Å²) in [6.45, 7) is 2.74. The number of benzene rings is 2.